The Kier molecular flexibility index (Phi) is 4.27. The van der Waals surface area contributed by atoms with E-state index in [9.17, 15) is 10.1 Å². The number of nitro benzene ring substituents is 1. The Morgan fingerprint density at radius 2 is 2.15 bits per heavy atom. The normalized spacial score (nSPS) is 10.3. The molecule has 0 radical (unpaired) electrons. The van der Waals surface area contributed by atoms with Crippen molar-refractivity contribution in [2.24, 2.45) is 0 Å². The number of ether oxygens (including phenoxy) is 1. The molecule has 0 aliphatic carbocycles. The summed E-state index contributed by atoms with van der Waals surface area (Å²) in [5.41, 5.74) is 1.80. The van der Waals surface area contributed by atoms with Crippen LogP contribution in [0.3, 0.4) is 0 Å². The summed E-state index contributed by atoms with van der Waals surface area (Å²) in [4.78, 5) is 14.4. The maximum atomic E-state index is 10.7. The molecule has 0 spiro atoms. The van der Waals surface area contributed by atoms with Crippen LogP contribution in [0.4, 0.5) is 5.69 Å². The third kappa shape index (κ3) is 3.30. The molecule has 0 atom stereocenters. The number of pyridine rings is 1. The molecule has 0 fully saturated rings. The Morgan fingerprint density at radius 3 is 2.70 bits per heavy atom. The predicted molar refractivity (Wildman–Crippen MR) is 74.9 cm³/mol. The Labute approximate surface area is 116 Å². The summed E-state index contributed by atoms with van der Waals surface area (Å²) >= 11 is 0. The van der Waals surface area contributed by atoms with E-state index in [1.165, 1.54) is 12.1 Å². The average Bonchev–Trinajstić information content (AvgIpc) is 2.43. The van der Waals surface area contributed by atoms with Gasteiger partial charge in [0.25, 0.3) is 5.69 Å². The van der Waals surface area contributed by atoms with E-state index >= 15 is 0 Å². The molecule has 2 aromatic rings. The first-order valence-electron chi connectivity index (χ1n) is 6.12. The SMILES string of the molecule is CNCc1ccc(Oc2ccc([N+](=O)[O-])cc2C)nc1. The fraction of sp³-hybridized carbons (Fsp3) is 0.214. The van der Waals surface area contributed by atoms with Gasteiger partial charge in [0.15, 0.2) is 0 Å². The van der Waals surface area contributed by atoms with Gasteiger partial charge >= 0.3 is 0 Å². The van der Waals surface area contributed by atoms with Gasteiger partial charge in [0, 0.05) is 30.9 Å². The molecule has 0 aliphatic rings. The highest BCUT2D eigenvalue weighted by Gasteiger charge is 2.09. The second-order valence-electron chi connectivity index (χ2n) is 4.34. The van der Waals surface area contributed by atoms with Gasteiger partial charge in [0.2, 0.25) is 5.88 Å². The standard InChI is InChI=1S/C14H15N3O3/c1-10-7-12(17(18)19)4-5-13(10)20-14-6-3-11(8-15-2)9-16-14/h3-7,9,15H,8H2,1-2H3. The van der Waals surface area contributed by atoms with E-state index < -0.39 is 4.92 Å². The Balaban J connectivity index is 2.15. The van der Waals surface area contributed by atoms with Gasteiger partial charge in [-0.1, -0.05) is 6.07 Å². The molecule has 6 nitrogen and oxygen atoms in total. The highest BCUT2D eigenvalue weighted by Crippen LogP contribution is 2.27. The number of aryl methyl sites for hydroxylation is 1. The van der Waals surface area contributed by atoms with Crippen molar-refractivity contribution in [3.05, 3.63) is 57.8 Å². The zero-order valence-electron chi connectivity index (χ0n) is 11.3. The Morgan fingerprint density at radius 1 is 1.35 bits per heavy atom. The minimum absolute atomic E-state index is 0.0483. The van der Waals surface area contributed by atoms with Crippen LogP contribution in [0.15, 0.2) is 36.5 Å². The molecule has 1 N–H and O–H groups in total. The van der Waals surface area contributed by atoms with Crippen molar-refractivity contribution in [2.75, 3.05) is 7.05 Å². The number of benzene rings is 1. The molecular weight excluding hydrogens is 258 g/mol. The van der Waals surface area contributed by atoms with Crippen molar-refractivity contribution < 1.29 is 9.66 Å². The highest BCUT2D eigenvalue weighted by atomic mass is 16.6. The van der Waals surface area contributed by atoms with Gasteiger partial charge in [-0.3, -0.25) is 10.1 Å². The van der Waals surface area contributed by atoms with Crippen LogP contribution in [0, 0.1) is 17.0 Å². The van der Waals surface area contributed by atoms with Crippen LogP contribution < -0.4 is 10.1 Å². The van der Waals surface area contributed by atoms with Crippen LogP contribution in [0.25, 0.3) is 0 Å². The van der Waals surface area contributed by atoms with Crippen molar-refractivity contribution >= 4 is 5.69 Å². The summed E-state index contributed by atoms with van der Waals surface area (Å²) in [5, 5.41) is 13.7. The number of rotatable bonds is 5. The molecule has 1 aromatic heterocycles. The maximum absolute atomic E-state index is 10.7. The smallest absolute Gasteiger partial charge is 0.269 e. The molecule has 6 heteroatoms. The summed E-state index contributed by atoms with van der Waals surface area (Å²) in [6.45, 7) is 2.50. The zero-order valence-corrected chi connectivity index (χ0v) is 11.3. The van der Waals surface area contributed by atoms with E-state index in [1.807, 2.05) is 13.1 Å². The van der Waals surface area contributed by atoms with Crippen LogP contribution in [0.2, 0.25) is 0 Å². The molecule has 2 rings (SSSR count). The van der Waals surface area contributed by atoms with Gasteiger partial charge in [-0.15, -0.1) is 0 Å². The van der Waals surface area contributed by atoms with Gasteiger partial charge in [-0.05, 0) is 31.2 Å². The van der Waals surface area contributed by atoms with E-state index in [1.54, 1.807) is 25.3 Å². The van der Waals surface area contributed by atoms with Gasteiger partial charge < -0.3 is 10.1 Å². The minimum atomic E-state index is -0.429. The first-order valence-corrected chi connectivity index (χ1v) is 6.12. The molecule has 1 heterocycles. The molecule has 0 bridgehead atoms. The monoisotopic (exact) mass is 273 g/mol. The quantitative estimate of drug-likeness (QED) is 0.669. The third-order valence-electron chi connectivity index (χ3n) is 2.76. The first-order chi connectivity index (χ1) is 9.60. The molecule has 20 heavy (non-hydrogen) atoms. The zero-order chi connectivity index (χ0) is 14.5. The predicted octanol–water partition coefficient (Wildman–Crippen LogP) is 2.81. The summed E-state index contributed by atoms with van der Waals surface area (Å²) in [5.74, 6) is 1.02. The second-order valence-corrected chi connectivity index (χ2v) is 4.34. The van der Waals surface area contributed by atoms with Gasteiger partial charge in [0.05, 0.1) is 4.92 Å². The van der Waals surface area contributed by atoms with E-state index in [2.05, 4.69) is 10.3 Å². The van der Waals surface area contributed by atoms with Crippen LogP contribution in [-0.4, -0.2) is 17.0 Å². The minimum Gasteiger partial charge on any atom is -0.439 e. The van der Waals surface area contributed by atoms with Crippen LogP contribution >= 0.6 is 0 Å². The van der Waals surface area contributed by atoms with Crippen molar-refractivity contribution in [2.45, 2.75) is 13.5 Å². The van der Waals surface area contributed by atoms with Crippen molar-refractivity contribution in [3.63, 3.8) is 0 Å². The third-order valence-corrected chi connectivity index (χ3v) is 2.76. The topological polar surface area (TPSA) is 77.3 Å². The van der Waals surface area contributed by atoms with Crippen LogP contribution in [-0.2, 0) is 6.54 Å². The molecule has 0 unspecified atom stereocenters. The molecule has 0 aliphatic heterocycles. The van der Waals surface area contributed by atoms with Gasteiger partial charge in [-0.2, -0.15) is 0 Å². The van der Waals surface area contributed by atoms with Gasteiger partial charge in [-0.25, -0.2) is 4.98 Å². The lowest BCUT2D eigenvalue weighted by Crippen LogP contribution is -2.05. The molecule has 104 valence electrons. The number of aromatic nitrogens is 1. The molecule has 0 saturated heterocycles. The number of non-ortho nitro benzene ring substituents is 1. The van der Waals surface area contributed by atoms with Crippen LogP contribution in [0.5, 0.6) is 11.6 Å². The summed E-state index contributed by atoms with van der Waals surface area (Å²) in [6.07, 6.45) is 1.73. The van der Waals surface area contributed by atoms with Crippen molar-refractivity contribution in [1.29, 1.82) is 0 Å². The fourth-order valence-corrected chi connectivity index (χ4v) is 1.75. The van der Waals surface area contributed by atoms with E-state index in [0.29, 0.717) is 17.2 Å². The second kappa shape index (κ2) is 6.12. The highest BCUT2D eigenvalue weighted by molar-refractivity contribution is 5.44. The van der Waals surface area contributed by atoms with Gasteiger partial charge in [0.1, 0.15) is 5.75 Å². The lowest BCUT2D eigenvalue weighted by molar-refractivity contribution is -0.384. The lowest BCUT2D eigenvalue weighted by Gasteiger charge is -2.08. The molecule has 1 aromatic carbocycles. The molecule has 0 amide bonds. The van der Waals surface area contributed by atoms with Crippen LogP contribution in [0.1, 0.15) is 11.1 Å². The summed E-state index contributed by atoms with van der Waals surface area (Å²) in [6, 6.07) is 8.16. The fourth-order valence-electron chi connectivity index (χ4n) is 1.75. The number of hydrogen-bond donors (Lipinski definition) is 1. The summed E-state index contributed by atoms with van der Waals surface area (Å²) in [7, 11) is 1.87. The number of nitrogens with zero attached hydrogens (tertiary/aromatic N) is 2. The maximum Gasteiger partial charge on any atom is 0.269 e. The number of nitrogens with one attached hydrogen (secondary N) is 1. The molecule has 0 saturated carbocycles. The Bertz CT molecular complexity index is 612. The first kappa shape index (κ1) is 14.0. The van der Waals surface area contributed by atoms with E-state index in [4.69, 9.17) is 4.74 Å². The largest absolute Gasteiger partial charge is 0.439 e. The van der Waals surface area contributed by atoms with Crippen molar-refractivity contribution in [1.82, 2.24) is 10.3 Å². The van der Waals surface area contributed by atoms with E-state index in [-0.39, 0.29) is 5.69 Å². The number of nitro groups is 1. The molecular formula is C14H15N3O3. The summed E-state index contributed by atoms with van der Waals surface area (Å²) < 4.78 is 5.62. The van der Waals surface area contributed by atoms with E-state index in [0.717, 1.165) is 12.1 Å². The average molecular weight is 273 g/mol. The Hall–Kier alpha value is -2.47. The van der Waals surface area contributed by atoms with Crippen molar-refractivity contribution in [3.8, 4) is 11.6 Å². The number of hydrogen-bond acceptors (Lipinski definition) is 5. The lowest BCUT2D eigenvalue weighted by atomic mass is 10.2.